The van der Waals surface area contributed by atoms with Gasteiger partial charge in [-0.1, -0.05) is 12.1 Å². The number of carboxylic acid groups (broad SMARTS) is 1. The lowest BCUT2D eigenvalue weighted by atomic mass is 10.1. The predicted octanol–water partition coefficient (Wildman–Crippen LogP) is 3.50. The number of halogens is 2. The number of nitrogens with zero attached hydrogens (tertiary/aromatic N) is 1. The minimum Gasteiger partial charge on any atom is -0.478 e. The fourth-order valence-corrected chi connectivity index (χ4v) is 2.17. The SMILES string of the molecule is Cc1oc(CN(C)C(=O)c2cccc(C(F)F)c2)cc1C(=O)O. The van der Waals surface area contributed by atoms with Crippen LogP contribution in [0.5, 0.6) is 0 Å². The first-order valence-corrected chi connectivity index (χ1v) is 6.75. The summed E-state index contributed by atoms with van der Waals surface area (Å²) in [6, 6.07) is 6.57. The molecule has 1 aromatic heterocycles. The minimum atomic E-state index is -2.65. The third-order valence-corrected chi connectivity index (χ3v) is 3.32. The van der Waals surface area contributed by atoms with Crippen molar-refractivity contribution in [3.63, 3.8) is 0 Å². The van der Waals surface area contributed by atoms with Crippen LogP contribution in [0.15, 0.2) is 34.7 Å². The first-order valence-electron chi connectivity index (χ1n) is 6.75. The van der Waals surface area contributed by atoms with E-state index in [4.69, 9.17) is 9.52 Å². The molecule has 0 aliphatic rings. The smallest absolute Gasteiger partial charge is 0.339 e. The van der Waals surface area contributed by atoms with Crippen LogP contribution in [0.2, 0.25) is 0 Å². The Bertz CT molecular complexity index is 739. The fraction of sp³-hybridized carbons (Fsp3) is 0.250. The lowest BCUT2D eigenvalue weighted by molar-refractivity contribution is 0.0694. The molecule has 0 unspecified atom stereocenters. The monoisotopic (exact) mass is 323 g/mol. The van der Waals surface area contributed by atoms with Gasteiger partial charge in [-0.3, -0.25) is 4.79 Å². The van der Waals surface area contributed by atoms with Crippen molar-refractivity contribution in [2.75, 3.05) is 7.05 Å². The van der Waals surface area contributed by atoms with Crippen molar-refractivity contribution in [1.82, 2.24) is 4.90 Å². The number of carboxylic acids is 1. The van der Waals surface area contributed by atoms with Crippen molar-refractivity contribution in [2.24, 2.45) is 0 Å². The molecule has 0 atom stereocenters. The second kappa shape index (κ2) is 6.60. The highest BCUT2D eigenvalue weighted by molar-refractivity contribution is 5.94. The molecule has 0 bridgehead atoms. The third-order valence-electron chi connectivity index (χ3n) is 3.32. The summed E-state index contributed by atoms with van der Waals surface area (Å²) < 4.78 is 30.7. The molecule has 0 spiro atoms. The number of carbonyl (C=O) groups excluding carboxylic acids is 1. The van der Waals surface area contributed by atoms with Crippen LogP contribution >= 0.6 is 0 Å². The molecule has 1 amide bonds. The van der Waals surface area contributed by atoms with Gasteiger partial charge in [0.2, 0.25) is 0 Å². The van der Waals surface area contributed by atoms with Gasteiger partial charge < -0.3 is 14.4 Å². The number of aromatic carboxylic acids is 1. The molecule has 0 aliphatic carbocycles. The van der Waals surface area contributed by atoms with E-state index < -0.39 is 18.3 Å². The number of carbonyl (C=O) groups is 2. The van der Waals surface area contributed by atoms with Crippen LogP contribution in [0, 0.1) is 6.92 Å². The Morgan fingerprint density at radius 3 is 2.57 bits per heavy atom. The highest BCUT2D eigenvalue weighted by Crippen LogP contribution is 2.21. The number of aryl methyl sites for hydroxylation is 1. The summed E-state index contributed by atoms with van der Waals surface area (Å²) in [7, 11) is 1.48. The van der Waals surface area contributed by atoms with Crippen molar-refractivity contribution in [2.45, 2.75) is 19.9 Å². The summed E-state index contributed by atoms with van der Waals surface area (Å²) >= 11 is 0. The number of furan rings is 1. The van der Waals surface area contributed by atoms with Crippen LogP contribution in [-0.4, -0.2) is 28.9 Å². The molecule has 2 rings (SSSR count). The second-order valence-corrected chi connectivity index (χ2v) is 5.08. The Balaban J connectivity index is 2.15. The molecule has 122 valence electrons. The van der Waals surface area contributed by atoms with E-state index in [0.29, 0.717) is 5.76 Å². The zero-order valence-electron chi connectivity index (χ0n) is 12.5. The lowest BCUT2D eigenvalue weighted by Crippen LogP contribution is -2.26. The number of hydrogen-bond acceptors (Lipinski definition) is 3. The van der Waals surface area contributed by atoms with Crippen LogP contribution in [0.3, 0.4) is 0 Å². The van der Waals surface area contributed by atoms with Gasteiger partial charge in [-0.15, -0.1) is 0 Å². The third kappa shape index (κ3) is 3.74. The minimum absolute atomic E-state index is 0.0283. The second-order valence-electron chi connectivity index (χ2n) is 5.08. The van der Waals surface area contributed by atoms with Crippen molar-refractivity contribution in [1.29, 1.82) is 0 Å². The average molecular weight is 323 g/mol. The summed E-state index contributed by atoms with van der Waals surface area (Å²) in [6.07, 6.45) is -2.65. The lowest BCUT2D eigenvalue weighted by Gasteiger charge is -2.16. The van der Waals surface area contributed by atoms with Gasteiger partial charge in [-0.25, -0.2) is 13.6 Å². The quantitative estimate of drug-likeness (QED) is 0.914. The van der Waals surface area contributed by atoms with Crippen LogP contribution in [0.4, 0.5) is 8.78 Å². The Kier molecular flexibility index (Phi) is 4.78. The molecule has 5 nitrogen and oxygen atoms in total. The summed E-state index contributed by atoms with van der Waals surface area (Å²) in [6.45, 7) is 1.55. The van der Waals surface area contributed by atoms with E-state index >= 15 is 0 Å². The molecule has 7 heteroatoms. The maximum Gasteiger partial charge on any atom is 0.339 e. The van der Waals surface area contributed by atoms with Crippen molar-refractivity contribution in [3.8, 4) is 0 Å². The largest absolute Gasteiger partial charge is 0.478 e. The molecule has 0 saturated heterocycles. The molecular formula is C16H15F2NO4. The number of amides is 1. The van der Waals surface area contributed by atoms with Gasteiger partial charge >= 0.3 is 5.97 Å². The molecule has 23 heavy (non-hydrogen) atoms. The zero-order chi connectivity index (χ0) is 17.1. The van der Waals surface area contributed by atoms with Gasteiger partial charge in [0.25, 0.3) is 12.3 Å². The van der Waals surface area contributed by atoms with E-state index in [1.165, 1.54) is 43.1 Å². The van der Waals surface area contributed by atoms with Crippen LogP contribution < -0.4 is 0 Å². The van der Waals surface area contributed by atoms with E-state index in [9.17, 15) is 18.4 Å². The summed E-state index contributed by atoms with van der Waals surface area (Å²) in [5, 5.41) is 8.97. The Hall–Kier alpha value is -2.70. The van der Waals surface area contributed by atoms with Crippen LogP contribution in [-0.2, 0) is 6.54 Å². The molecule has 0 saturated carbocycles. The van der Waals surface area contributed by atoms with E-state index in [2.05, 4.69) is 0 Å². The zero-order valence-corrected chi connectivity index (χ0v) is 12.5. The molecule has 1 heterocycles. The number of alkyl halides is 2. The summed E-state index contributed by atoms with van der Waals surface area (Å²) in [5.41, 5.74) is -0.0705. The van der Waals surface area contributed by atoms with E-state index in [1.54, 1.807) is 0 Å². The number of benzene rings is 1. The highest BCUT2D eigenvalue weighted by Gasteiger charge is 2.18. The molecule has 2 aromatic rings. The number of hydrogen-bond donors (Lipinski definition) is 1. The topological polar surface area (TPSA) is 70.8 Å². The maximum atomic E-state index is 12.7. The van der Waals surface area contributed by atoms with E-state index in [1.807, 2.05) is 0 Å². The summed E-state index contributed by atoms with van der Waals surface area (Å²) in [5.74, 6) is -1.02. The van der Waals surface area contributed by atoms with Crippen molar-refractivity contribution in [3.05, 3.63) is 58.5 Å². The van der Waals surface area contributed by atoms with E-state index in [-0.39, 0.29) is 29.0 Å². The molecule has 0 fully saturated rings. The first-order chi connectivity index (χ1) is 10.8. The fourth-order valence-electron chi connectivity index (χ4n) is 2.17. The average Bonchev–Trinajstić information content (AvgIpc) is 2.87. The maximum absolute atomic E-state index is 12.7. The van der Waals surface area contributed by atoms with Gasteiger partial charge in [0.05, 0.1) is 6.54 Å². The van der Waals surface area contributed by atoms with Crippen molar-refractivity contribution < 1.29 is 27.9 Å². The summed E-state index contributed by atoms with van der Waals surface area (Å²) in [4.78, 5) is 24.5. The predicted molar refractivity (Wildman–Crippen MR) is 77.6 cm³/mol. The van der Waals surface area contributed by atoms with Crippen LogP contribution in [0.25, 0.3) is 0 Å². The first kappa shape index (κ1) is 16.7. The van der Waals surface area contributed by atoms with Gasteiger partial charge in [0.1, 0.15) is 17.1 Å². The Labute approximate surface area is 131 Å². The molecule has 0 radical (unpaired) electrons. The standard InChI is InChI=1S/C16H15F2NO4/c1-9-13(16(21)22)7-12(23-9)8-19(2)15(20)11-5-3-4-10(6-11)14(17)18/h3-7,14H,8H2,1-2H3,(H,21,22). The van der Waals surface area contributed by atoms with Crippen LogP contribution in [0.1, 0.15) is 44.2 Å². The number of rotatable bonds is 5. The Morgan fingerprint density at radius 1 is 1.30 bits per heavy atom. The molecular weight excluding hydrogens is 308 g/mol. The van der Waals surface area contributed by atoms with Gasteiger partial charge in [0.15, 0.2) is 0 Å². The Morgan fingerprint density at radius 2 is 2.00 bits per heavy atom. The molecule has 1 aromatic carbocycles. The van der Waals surface area contributed by atoms with Crippen molar-refractivity contribution >= 4 is 11.9 Å². The normalized spacial score (nSPS) is 10.8. The molecule has 0 aliphatic heterocycles. The van der Waals surface area contributed by atoms with Gasteiger partial charge in [-0.2, -0.15) is 0 Å². The van der Waals surface area contributed by atoms with E-state index in [0.717, 1.165) is 6.07 Å². The van der Waals surface area contributed by atoms with Gasteiger partial charge in [0, 0.05) is 18.2 Å². The highest BCUT2D eigenvalue weighted by atomic mass is 19.3. The van der Waals surface area contributed by atoms with Gasteiger partial charge in [-0.05, 0) is 25.1 Å². The molecule has 1 N–H and O–H groups in total.